The number of carbonyl (C=O) groups is 1. The quantitative estimate of drug-likeness (QED) is 0.655. The maximum atomic E-state index is 11.3. The molecule has 1 fully saturated rings. The second kappa shape index (κ2) is 7.39. The highest BCUT2D eigenvalue weighted by atomic mass is 32.2. The zero-order valence-electron chi connectivity index (χ0n) is 11.3. The van der Waals surface area contributed by atoms with E-state index in [4.69, 9.17) is 4.74 Å². The van der Waals surface area contributed by atoms with Crippen molar-refractivity contribution in [3.63, 3.8) is 0 Å². The second-order valence-corrected chi connectivity index (χ2v) is 6.17. The lowest BCUT2D eigenvalue weighted by molar-refractivity contribution is -0.125. The molecule has 0 amide bonds. The fourth-order valence-electron chi connectivity index (χ4n) is 2.29. The predicted molar refractivity (Wildman–Crippen MR) is 73.6 cm³/mol. The summed E-state index contributed by atoms with van der Waals surface area (Å²) in [7, 11) is 2.12. The van der Waals surface area contributed by atoms with Gasteiger partial charge in [-0.2, -0.15) is 11.8 Å². The summed E-state index contributed by atoms with van der Waals surface area (Å²) >= 11 is 1.88. The average Bonchev–Trinajstić information content (AvgIpc) is 2.36. The molecule has 1 aliphatic rings. The molecule has 2 unspecified atom stereocenters. The number of carbonyl (C=O) groups excluding carboxylic acids is 1. The Balaban J connectivity index is 2.46. The van der Waals surface area contributed by atoms with E-state index in [1.165, 1.54) is 12.2 Å². The van der Waals surface area contributed by atoms with Gasteiger partial charge in [-0.3, -0.25) is 0 Å². The molecule has 1 saturated heterocycles. The standard InChI is InChI=1S/C13H25NO2S/c1-12(5-8-17-3)14(2)9-13(10-15)6-4-7-16-11-13/h10,12H,4-9,11H2,1-3H3. The van der Waals surface area contributed by atoms with Crippen molar-refractivity contribution in [2.24, 2.45) is 5.41 Å². The average molecular weight is 259 g/mol. The number of hydrogen-bond acceptors (Lipinski definition) is 4. The van der Waals surface area contributed by atoms with Crippen molar-refractivity contribution in [2.75, 3.05) is 38.8 Å². The fourth-order valence-corrected chi connectivity index (χ4v) is 2.87. The Morgan fingerprint density at radius 3 is 2.88 bits per heavy atom. The third kappa shape index (κ3) is 4.60. The zero-order valence-corrected chi connectivity index (χ0v) is 12.1. The van der Waals surface area contributed by atoms with Crippen LogP contribution in [0.4, 0.5) is 0 Å². The molecular weight excluding hydrogens is 234 g/mol. The summed E-state index contributed by atoms with van der Waals surface area (Å²) in [5.41, 5.74) is -0.263. The molecule has 3 nitrogen and oxygen atoms in total. The fraction of sp³-hybridized carbons (Fsp3) is 0.923. The van der Waals surface area contributed by atoms with E-state index >= 15 is 0 Å². The van der Waals surface area contributed by atoms with Gasteiger partial charge in [0.25, 0.3) is 0 Å². The first-order chi connectivity index (χ1) is 8.13. The largest absolute Gasteiger partial charge is 0.380 e. The Bertz CT molecular complexity index is 229. The molecule has 0 aromatic heterocycles. The molecule has 0 aliphatic carbocycles. The number of aldehydes is 1. The van der Waals surface area contributed by atoms with Gasteiger partial charge in [0.05, 0.1) is 12.0 Å². The van der Waals surface area contributed by atoms with E-state index in [-0.39, 0.29) is 5.41 Å². The van der Waals surface area contributed by atoms with E-state index in [1.807, 2.05) is 11.8 Å². The van der Waals surface area contributed by atoms with E-state index in [1.54, 1.807) is 0 Å². The van der Waals surface area contributed by atoms with Crippen molar-refractivity contribution in [1.82, 2.24) is 4.90 Å². The number of ether oxygens (including phenoxy) is 1. The second-order valence-electron chi connectivity index (χ2n) is 5.18. The van der Waals surface area contributed by atoms with Gasteiger partial charge in [-0.05, 0) is 45.2 Å². The first kappa shape index (κ1) is 15.0. The third-order valence-electron chi connectivity index (χ3n) is 3.66. The molecule has 1 rings (SSSR count). The van der Waals surface area contributed by atoms with E-state index in [0.29, 0.717) is 12.6 Å². The molecule has 0 aromatic rings. The minimum absolute atomic E-state index is 0.263. The number of thioether (sulfide) groups is 1. The van der Waals surface area contributed by atoms with Gasteiger partial charge in [0.1, 0.15) is 6.29 Å². The van der Waals surface area contributed by atoms with Gasteiger partial charge in [-0.15, -0.1) is 0 Å². The molecule has 1 aliphatic heterocycles. The first-order valence-electron chi connectivity index (χ1n) is 6.37. The normalized spacial score (nSPS) is 27.1. The van der Waals surface area contributed by atoms with Crippen molar-refractivity contribution in [2.45, 2.75) is 32.2 Å². The lowest BCUT2D eigenvalue weighted by Gasteiger charge is -2.37. The maximum absolute atomic E-state index is 11.3. The predicted octanol–water partition coefficient (Wildman–Crippen LogP) is 2.06. The molecule has 0 N–H and O–H groups in total. The molecular formula is C13H25NO2S. The van der Waals surface area contributed by atoms with Crippen molar-refractivity contribution in [1.29, 1.82) is 0 Å². The van der Waals surface area contributed by atoms with E-state index in [0.717, 1.165) is 32.3 Å². The number of nitrogens with zero attached hydrogens (tertiary/aromatic N) is 1. The lowest BCUT2D eigenvalue weighted by Crippen LogP contribution is -2.45. The Labute approximate surface area is 109 Å². The Morgan fingerprint density at radius 2 is 2.35 bits per heavy atom. The molecule has 1 heterocycles. The highest BCUT2D eigenvalue weighted by Gasteiger charge is 2.34. The monoisotopic (exact) mass is 259 g/mol. The lowest BCUT2D eigenvalue weighted by atomic mass is 9.83. The van der Waals surface area contributed by atoms with Gasteiger partial charge < -0.3 is 14.4 Å². The van der Waals surface area contributed by atoms with Crippen LogP contribution in [0.3, 0.4) is 0 Å². The number of hydrogen-bond donors (Lipinski definition) is 0. The molecule has 4 heteroatoms. The highest BCUT2D eigenvalue weighted by molar-refractivity contribution is 7.98. The molecule has 0 saturated carbocycles. The van der Waals surface area contributed by atoms with Crippen LogP contribution in [0.5, 0.6) is 0 Å². The molecule has 100 valence electrons. The van der Waals surface area contributed by atoms with Crippen LogP contribution in [-0.4, -0.2) is 56.0 Å². The van der Waals surface area contributed by atoms with Crippen LogP contribution in [0.15, 0.2) is 0 Å². The summed E-state index contributed by atoms with van der Waals surface area (Å²) in [4.78, 5) is 13.6. The van der Waals surface area contributed by atoms with Crippen LogP contribution in [0.25, 0.3) is 0 Å². The molecule has 0 aromatic carbocycles. The smallest absolute Gasteiger partial charge is 0.129 e. The SMILES string of the molecule is CSCCC(C)N(C)CC1(C=O)CCCOC1. The van der Waals surface area contributed by atoms with E-state index < -0.39 is 0 Å². The molecule has 0 radical (unpaired) electrons. The van der Waals surface area contributed by atoms with Gasteiger partial charge in [0.15, 0.2) is 0 Å². The molecule has 0 bridgehead atoms. The maximum Gasteiger partial charge on any atom is 0.129 e. The van der Waals surface area contributed by atoms with Crippen LogP contribution >= 0.6 is 11.8 Å². The summed E-state index contributed by atoms with van der Waals surface area (Å²) in [6.45, 7) is 4.46. The Hall–Kier alpha value is -0.0600. The minimum Gasteiger partial charge on any atom is -0.380 e. The molecule has 2 atom stereocenters. The van der Waals surface area contributed by atoms with Crippen LogP contribution < -0.4 is 0 Å². The number of rotatable bonds is 7. The summed E-state index contributed by atoms with van der Waals surface area (Å²) in [6, 6.07) is 0.529. The van der Waals surface area contributed by atoms with Crippen LogP contribution in [0.1, 0.15) is 26.2 Å². The molecule has 0 spiro atoms. The van der Waals surface area contributed by atoms with E-state index in [9.17, 15) is 4.79 Å². The van der Waals surface area contributed by atoms with Gasteiger partial charge in [0, 0.05) is 19.2 Å². The van der Waals surface area contributed by atoms with Gasteiger partial charge >= 0.3 is 0 Å². The van der Waals surface area contributed by atoms with Crippen LogP contribution in [0.2, 0.25) is 0 Å². The highest BCUT2D eigenvalue weighted by Crippen LogP contribution is 2.28. The summed E-state index contributed by atoms with van der Waals surface area (Å²) in [5.74, 6) is 1.18. The zero-order chi connectivity index (χ0) is 12.7. The molecule has 17 heavy (non-hydrogen) atoms. The third-order valence-corrected chi connectivity index (χ3v) is 4.30. The summed E-state index contributed by atoms with van der Waals surface area (Å²) in [6.07, 6.45) is 6.40. The van der Waals surface area contributed by atoms with Gasteiger partial charge in [0.2, 0.25) is 0 Å². The van der Waals surface area contributed by atoms with Crippen molar-refractivity contribution < 1.29 is 9.53 Å². The van der Waals surface area contributed by atoms with Crippen molar-refractivity contribution in [3.05, 3.63) is 0 Å². The Morgan fingerprint density at radius 1 is 1.59 bits per heavy atom. The minimum atomic E-state index is -0.263. The van der Waals surface area contributed by atoms with E-state index in [2.05, 4.69) is 25.1 Å². The van der Waals surface area contributed by atoms with Crippen molar-refractivity contribution in [3.8, 4) is 0 Å². The Kier molecular flexibility index (Phi) is 6.52. The van der Waals surface area contributed by atoms with Crippen LogP contribution in [0, 0.1) is 5.41 Å². The topological polar surface area (TPSA) is 29.5 Å². The summed E-state index contributed by atoms with van der Waals surface area (Å²) in [5, 5.41) is 0. The van der Waals surface area contributed by atoms with Crippen molar-refractivity contribution >= 4 is 18.0 Å². The first-order valence-corrected chi connectivity index (χ1v) is 7.76. The van der Waals surface area contributed by atoms with Gasteiger partial charge in [-0.1, -0.05) is 0 Å². The van der Waals surface area contributed by atoms with Crippen LogP contribution in [-0.2, 0) is 9.53 Å². The summed E-state index contributed by atoms with van der Waals surface area (Å²) < 4.78 is 5.48. The van der Waals surface area contributed by atoms with Gasteiger partial charge in [-0.25, -0.2) is 0 Å².